The molecule has 1 aromatic heterocycles. The molecule has 4 nitrogen and oxygen atoms in total. The van der Waals surface area contributed by atoms with Gasteiger partial charge in [0.15, 0.2) is 0 Å². The Kier molecular flexibility index (Phi) is 5.52. The lowest BCUT2D eigenvalue weighted by molar-refractivity contribution is 0.147. The van der Waals surface area contributed by atoms with Gasteiger partial charge in [0, 0.05) is 24.5 Å². The van der Waals surface area contributed by atoms with Gasteiger partial charge in [-0.05, 0) is 62.9 Å². The van der Waals surface area contributed by atoms with Crippen LogP contribution in [0.25, 0.3) is 0 Å². The van der Waals surface area contributed by atoms with Crippen molar-refractivity contribution in [2.24, 2.45) is 11.7 Å². The van der Waals surface area contributed by atoms with Crippen molar-refractivity contribution in [2.75, 3.05) is 26.7 Å². The Morgan fingerprint density at radius 2 is 2.15 bits per heavy atom. The van der Waals surface area contributed by atoms with E-state index in [0.29, 0.717) is 5.92 Å². The second kappa shape index (κ2) is 7.16. The van der Waals surface area contributed by atoms with Gasteiger partial charge in [-0.15, -0.1) is 0 Å². The number of aromatic nitrogens is 1. The molecule has 2 unspecified atom stereocenters. The molecule has 2 atom stereocenters. The van der Waals surface area contributed by atoms with Gasteiger partial charge in [0.1, 0.15) is 0 Å². The van der Waals surface area contributed by atoms with Gasteiger partial charge < -0.3 is 15.7 Å². The molecular formula is C16H27N3O. The highest BCUT2D eigenvalue weighted by atomic mass is 16.3. The molecule has 1 heterocycles. The molecule has 0 amide bonds. The summed E-state index contributed by atoms with van der Waals surface area (Å²) in [5.74, 6) is 0.468. The molecule has 1 aliphatic carbocycles. The predicted molar refractivity (Wildman–Crippen MR) is 81.4 cm³/mol. The Morgan fingerprint density at radius 1 is 1.40 bits per heavy atom. The Morgan fingerprint density at radius 3 is 2.85 bits per heavy atom. The zero-order chi connectivity index (χ0) is 14.4. The Labute approximate surface area is 122 Å². The van der Waals surface area contributed by atoms with E-state index < -0.39 is 0 Å². The smallest absolute Gasteiger partial charge is 0.0613 e. The lowest BCUT2D eigenvalue weighted by atomic mass is 9.86. The highest BCUT2D eigenvalue weighted by Gasteiger charge is 2.38. The topological polar surface area (TPSA) is 62.4 Å². The second-order valence-electron chi connectivity index (χ2n) is 6.18. The molecule has 2 rings (SSSR count). The van der Waals surface area contributed by atoms with Crippen LogP contribution in [0.2, 0.25) is 0 Å². The van der Waals surface area contributed by atoms with E-state index in [0.717, 1.165) is 45.2 Å². The molecule has 0 aliphatic heterocycles. The van der Waals surface area contributed by atoms with Crippen molar-refractivity contribution >= 4 is 0 Å². The molecule has 1 aliphatic rings. The van der Waals surface area contributed by atoms with Crippen LogP contribution >= 0.6 is 0 Å². The monoisotopic (exact) mass is 277 g/mol. The van der Waals surface area contributed by atoms with Crippen molar-refractivity contribution in [3.63, 3.8) is 0 Å². The zero-order valence-corrected chi connectivity index (χ0v) is 12.5. The van der Waals surface area contributed by atoms with Crippen LogP contribution in [-0.4, -0.2) is 47.3 Å². The van der Waals surface area contributed by atoms with Gasteiger partial charge in [0.2, 0.25) is 0 Å². The van der Waals surface area contributed by atoms with Gasteiger partial charge >= 0.3 is 0 Å². The molecule has 1 fully saturated rings. The Balaban J connectivity index is 1.71. The lowest BCUT2D eigenvalue weighted by Gasteiger charge is -2.30. The minimum Gasteiger partial charge on any atom is -0.394 e. The predicted octanol–water partition coefficient (Wildman–Crippen LogP) is 1.44. The SMILES string of the molecule is CN(CCc1ccncc1)CCC1CCCC1(N)CO. The molecule has 112 valence electrons. The number of aliphatic hydroxyl groups excluding tert-OH is 1. The second-order valence-corrected chi connectivity index (χ2v) is 6.18. The summed E-state index contributed by atoms with van der Waals surface area (Å²) in [5, 5.41) is 9.47. The van der Waals surface area contributed by atoms with E-state index in [9.17, 15) is 5.11 Å². The van der Waals surface area contributed by atoms with Crippen molar-refractivity contribution in [1.29, 1.82) is 0 Å². The third kappa shape index (κ3) is 4.01. The molecule has 0 aromatic carbocycles. The minimum absolute atomic E-state index is 0.123. The summed E-state index contributed by atoms with van der Waals surface area (Å²) in [6.45, 7) is 2.22. The zero-order valence-electron chi connectivity index (χ0n) is 12.5. The van der Waals surface area contributed by atoms with Gasteiger partial charge in [0.25, 0.3) is 0 Å². The first-order chi connectivity index (χ1) is 9.64. The molecule has 0 spiro atoms. The van der Waals surface area contributed by atoms with Crippen LogP contribution in [-0.2, 0) is 6.42 Å². The van der Waals surface area contributed by atoms with Crippen LogP contribution in [0.5, 0.6) is 0 Å². The van der Waals surface area contributed by atoms with Crippen LogP contribution in [0, 0.1) is 5.92 Å². The summed E-state index contributed by atoms with van der Waals surface area (Å²) in [6, 6.07) is 4.14. The van der Waals surface area contributed by atoms with Gasteiger partial charge in [-0.25, -0.2) is 0 Å². The minimum atomic E-state index is -0.327. The number of likely N-dealkylation sites (N-methyl/N-ethyl adjacent to an activating group) is 1. The summed E-state index contributed by atoms with van der Waals surface area (Å²) < 4.78 is 0. The summed E-state index contributed by atoms with van der Waals surface area (Å²) in [7, 11) is 2.16. The Hall–Kier alpha value is -0.970. The molecule has 3 N–H and O–H groups in total. The van der Waals surface area contributed by atoms with Crippen molar-refractivity contribution in [1.82, 2.24) is 9.88 Å². The maximum atomic E-state index is 9.47. The maximum Gasteiger partial charge on any atom is 0.0613 e. The first kappa shape index (κ1) is 15.4. The van der Waals surface area contributed by atoms with Crippen LogP contribution in [0.4, 0.5) is 0 Å². The number of nitrogens with zero attached hydrogens (tertiary/aromatic N) is 2. The fraction of sp³-hybridized carbons (Fsp3) is 0.688. The summed E-state index contributed by atoms with van der Waals surface area (Å²) >= 11 is 0. The molecule has 0 saturated heterocycles. The van der Waals surface area contributed by atoms with Crippen LogP contribution in [0.3, 0.4) is 0 Å². The van der Waals surface area contributed by atoms with E-state index >= 15 is 0 Å². The van der Waals surface area contributed by atoms with Gasteiger partial charge in [0.05, 0.1) is 6.61 Å². The fourth-order valence-corrected chi connectivity index (χ4v) is 3.17. The van der Waals surface area contributed by atoms with E-state index in [4.69, 9.17) is 5.73 Å². The molecule has 0 radical (unpaired) electrons. The van der Waals surface area contributed by atoms with E-state index in [1.165, 1.54) is 5.56 Å². The number of pyridine rings is 1. The number of nitrogens with two attached hydrogens (primary N) is 1. The van der Waals surface area contributed by atoms with E-state index in [1.54, 1.807) is 0 Å². The largest absolute Gasteiger partial charge is 0.394 e. The van der Waals surface area contributed by atoms with Crippen molar-refractivity contribution in [2.45, 2.75) is 37.6 Å². The average molecular weight is 277 g/mol. The highest BCUT2D eigenvalue weighted by Crippen LogP contribution is 2.35. The number of hydrogen-bond donors (Lipinski definition) is 2. The molecule has 0 bridgehead atoms. The quantitative estimate of drug-likeness (QED) is 0.791. The van der Waals surface area contributed by atoms with Crippen LogP contribution in [0.1, 0.15) is 31.2 Å². The average Bonchev–Trinajstić information content (AvgIpc) is 2.86. The number of hydrogen-bond acceptors (Lipinski definition) is 4. The van der Waals surface area contributed by atoms with E-state index in [2.05, 4.69) is 29.1 Å². The fourth-order valence-electron chi connectivity index (χ4n) is 3.17. The summed E-state index contributed by atoms with van der Waals surface area (Å²) in [4.78, 5) is 6.39. The third-order valence-corrected chi connectivity index (χ3v) is 4.69. The van der Waals surface area contributed by atoms with Crippen molar-refractivity contribution in [3.8, 4) is 0 Å². The maximum absolute atomic E-state index is 9.47. The first-order valence-corrected chi connectivity index (χ1v) is 7.61. The standard InChI is InChI=1S/C16H27N3O/c1-19(11-6-14-4-9-18-10-5-14)12-7-15-3-2-8-16(15,17)13-20/h4-5,9-10,15,20H,2-3,6-8,11-13,17H2,1H3. The van der Waals surface area contributed by atoms with E-state index in [-0.39, 0.29) is 12.1 Å². The first-order valence-electron chi connectivity index (χ1n) is 7.61. The highest BCUT2D eigenvalue weighted by molar-refractivity contribution is 5.09. The number of rotatable bonds is 7. The molecule has 1 saturated carbocycles. The van der Waals surface area contributed by atoms with Crippen LogP contribution < -0.4 is 5.73 Å². The molecule has 4 heteroatoms. The summed E-state index contributed by atoms with van der Waals surface area (Å²) in [6.07, 6.45) is 9.11. The molecule has 20 heavy (non-hydrogen) atoms. The molecule has 1 aromatic rings. The van der Waals surface area contributed by atoms with Crippen LogP contribution in [0.15, 0.2) is 24.5 Å². The van der Waals surface area contributed by atoms with Gasteiger partial charge in [-0.1, -0.05) is 6.42 Å². The molecular weight excluding hydrogens is 250 g/mol. The van der Waals surface area contributed by atoms with Gasteiger partial charge in [-0.2, -0.15) is 0 Å². The normalized spacial score (nSPS) is 26.3. The van der Waals surface area contributed by atoms with E-state index in [1.807, 2.05) is 12.4 Å². The Bertz CT molecular complexity index is 398. The van der Waals surface area contributed by atoms with Gasteiger partial charge in [-0.3, -0.25) is 4.98 Å². The van der Waals surface area contributed by atoms with Crippen molar-refractivity contribution in [3.05, 3.63) is 30.1 Å². The summed E-state index contributed by atoms with van der Waals surface area (Å²) in [5.41, 5.74) is 7.28. The third-order valence-electron chi connectivity index (χ3n) is 4.69. The number of aliphatic hydroxyl groups is 1. The van der Waals surface area contributed by atoms with Crippen molar-refractivity contribution < 1.29 is 5.11 Å². The lowest BCUT2D eigenvalue weighted by Crippen LogP contribution is -2.47.